The molecular formula is C22H18Cl2FN3O. The van der Waals surface area contributed by atoms with Gasteiger partial charge in [0, 0.05) is 40.5 Å². The lowest BCUT2D eigenvalue weighted by Gasteiger charge is -2.21. The van der Waals surface area contributed by atoms with Crippen molar-refractivity contribution in [2.75, 3.05) is 18.7 Å². The summed E-state index contributed by atoms with van der Waals surface area (Å²) in [4.78, 5) is 4.15. The Hall–Kier alpha value is -2.76. The van der Waals surface area contributed by atoms with Gasteiger partial charge in [-0.15, -0.1) is 0 Å². The first kappa shape index (κ1) is 19.6. The van der Waals surface area contributed by atoms with Crippen LogP contribution in [0.1, 0.15) is 11.1 Å². The summed E-state index contributed by atoms with van der Waals surface area (Å²) in [5.41, 5.74) is 7.43. The van der Waals surface area contributed by atoms with Crippen LogP contribution in [0.3, 0.4) is 0 Å². The lowest BCUT2D eigenvalue weighted by molar-refractivity contribution is 0.397. The SMILES string of the molecule is COc1cc(CC2=C(c3ccc(Cl)cc3F)CN(c3ccccc3Cl)N2)ccn1. The second-order valence-electron chi connectivity index (χ2n) is 6.61. The number of methoxy groups -OCH3 is 1. The molecule has 7 heteroatoms. The summed E-state index contributed by atoms with van der Waals surface area (Å²) in [6, 6.07) is 16.0. The lowest BCUT2D eigenvalue weighted by atomic mass is 10.0. The Labute approximate surface area is 178 Å². The molecule has 0 saturated carbocycles. The first-order valence-electron chi connectivity index (χ1n) is 9.00. The highest BCUT2D eigenvalue weighted by atomic mass is 35.5. The van der Waals surface area contributed by atoms with Gasteiger partial charge in [0.2, 0.25) is 5.88 Å². The van der Waals surface area contributed by atoms with E-state index in [1.807, 2.05) is 41.4 Å². The quantitative estimate of drug-likeness (QED) is 0.579. The summed E-state index contributed by atoms with van der Waals surface area (Å²) in [6.07, 6.45) is 2.25. The van der Waals surface area contributed by atoms with Crippen LogP contribution in [-0.4, -0.2) is 18.6 Å². The molecule has 0 radical (unpaired) electrons. The molecule has 3 aromatic rings. The maximum Gasteiger partial charge on any atom is 0.213 e. The molecule has 0 atom stereocenters. The molecule has 1 aliphatic rings. The maximum atomic E-state index is 14.7. The third kappa shape index (κ3) is 4.16. The second-order valence-corrected chi connectivity index (χ2v) is 7.46. The molecule has 0 amide bonds. The van der Waals surface area contributed by atoms with E-state index in [-0.39, 0.29) is 5.82 Å². The van der Waals surface area contributed by atoms with Crippen molar-refractivity contribution >= 4 is 34.5 Å². The van der Waals surface area contributed by atoms with Gasteiger partial charge in [0.05, 0.1) is 24.4 Å². The number of hydrazine groups is 1. The number of hydrogen-bond acceptors (Lipinski definition) is 4. The minimum atomic E-state index is -0.361. The van der Waals surface area contributed by atoms with E-state index in [4.69, 9.17) is 27.9 Å². The molecule has 0 aliphatic carbocycles. The summed E-state index contributed by atoms with van der Waals surface area (Å²) >= 11 is 12.3. The zero-order valence-corrected chi connectivity index (χ0v) is 17.1. The fourth-order valence-electron chi connectivity index (χ4n) is 3.34. The zero-order valence-electron chi connectivity index (χ0n) is 15.6. The van der Waals surface area contributed by atoms with E-state index >= 15 is 0 Å². The van der Waals surface area contributed by atoms with Crippen molar-refractivity contribution in [1.29, 1.82) is 0 Å². The molecule has 0 bridgehead atoms. The fourth-order valence-corrected chi connectivity index (χ4v) is 3.74. The van der Waals surface area contributed by atoms with Crippen LogP contribution in [0.4, 0.5) is 10.1 Å². The average Bonchev–Trinajstić information content (AvgIpc) is 3.11. The van der Waals surface area contributed by atoms with Crippen molar-refractivity contribution in [3.05, 3.63) is 93.5 Å². The Kier molecular flexibility index (Phi) is 5.60. The number of pyridine rings is 1. The van der Waals surface area contributed by atoms with Crippen LogP contribution >= 0.6 is 23.2 Å². The van der Waals surface area contributed by atoms with Gasteiger partial charge in [-0.05, 0) is 35.9 Å². The summed E-state index contributed by atoms with van der Waals surface area (Å²) in [7, 11) is 1.58. The highest BCUT2D eigenvalue weighted by Crippen LogP contribution is 2.34. The lowest BCUT2D eigenvalue weighted by Crippen LogP contribution is -2.32. The minimum Gasteiger partial charge on any atom is -0.481 e. The summed E-state index contributed by atoms with van der Waals surface area (Å²) in [5.74, 6) is 0.170. The zero-order chi connectivity index (χ0) is 20.4. The molecule has 0 spiro atoms. The smallest absolute Gasteiger partial charge is 0.213 e. The molecule has 0 saturated heterocycles. The normalized spacial score (nSPS) is 13.6. The van der Waals surface area contributed by atoms with Gasteiger partial charge in [-0.3, -0.25) is 5.01 Å². The van der Waals surface area contributed by atoms with Crippen LogP contribution in [0.25, 0.3) is 5.57 Å². The van der Waals surface area contributed by atoms with Gasteiger partial charge < -0.3 is 10.2 Å². The number of allylic oxidation sites excluding steroid dienone is 1. The Bertz CT molecular complexity index is 1090. The molecule has 0 fully saturated rings. The Balaban J connectivity index is 1.73. The second kappa shape index (κ2) is 8.31. The van der Waals surface area contributed by atoms with E-state index in [0.717, 1.165) is 22.5 Å². The maximum absolute atomic E-state index is 14.7. The summed E-state index contributed by atoms with van der Waals surface area (Å²) < 4.78 is 19.9. The Morgan fingerprint density at radius 1 is 1.14 bits per heavy atom. The highest BCUT2D eigenvalue weighted by molar-refractivity contribution is 6.33. The first-order valence-corrected chi connectivity index (χ1v) is 9.76. The predicted octanol–water partition coefficient (Wildman–Crippen LogP) is 5.51. The highest BCUT2D eigenvalue weighted by Gasteiger charge is 2.26. The van der Waals surface area contributed by atoms with E-state index in [9.17, 15) is 4.39 Å². The van der Waals surface area contributed by atoms with Crippen molar-refractivity contribution in [3.63, 3.8) is 0 Å². The predicted molar refractivity (Wildman–Crippen MR) is 115 cm³/mol. The number of rotatable bonds is 5. The van der Waals surface area contributed by atoms with Crippen molar-refractivity contribution in [2.45, 2.75) is 6.42 Å². The van der Waals surface area contributed by atoms with Gasteiger partial charge in [-0.1, -0.05) is 41.4 Å². The Morgan fingerprint density at radius 3 is 2.72 bits per heavy atom. The molecule has 4 rings (SSSR count). The van der Waals surface area contributed by atoms with Crippen molar-refractivity contribution < 1.29 is 9.13 Å². The standard InChI is InChI=1S/C22H18Cl2FN3O/c1-29-22-11-14(8-9-26-22)10-20-17(16-7-6-15(23)12-19(16)25)13-28(27-20)21-5-3-2-4-18(21)24/h2-9,11-12,27H,10,13H2,1H3. The van der Waals surface area contributed by atoms with E-state index < -0.39 is 0 Å². The number of anilines is 1. The van der Waals surface area contributed by atoms with E-state index in [2.05, 4.69) is 10.4 Å². The number of ether oxygens (including phenoxy) is 1. The Morgan fingerprint density at radius 2 is 1.97 bits per heavy atom. The number of nitrogens with one attached hydrogen (secondary N) is 1. The number of nitrogens with zero attached hydrogens (tertiary/aromatic N) is 2. The van der Waals surface area contributed by atoms with Crippen molar-refractivity contribution in [3.8, 4) is 5.88 Å². The van der Waals surface area contributed by atoms with E-state index in [1.54, 1.807) is 25.4 Å². The van der Waals surface area contributed by atoms with Crippen LogP contribution in [-0.2, 0) is 6.42 Å². The van der Waals surface area contributed by atoms with Gasteiger partial charge in [0.15, 0.2) is 0 Å². The van der Waals surface area contributed by atoms with Gasteiger partial charge in [0.1, 0.15) is 5.82 Å². The third-order valence-corrected chi connectivity index (χ3v) is 5.29. The number of hydrogen-bond donors (Lipinski definition) is 1. The molecule has 1 aromatic heterocycles. The molecular weight excluding hydrogens is 412 g/mol. The first-order chi connectivity index (χ1) is 14.0. The molecule has 1 N–H and O–H groups in total. The summed E-state index contributed by atoms with van der Waals surface area (Å²) in [6.45, 7) is 0.458. The molecule has 148 valence electrons. The molecule has 2 aromatic carbocycles. The number of benzene rings is 2. The molecule has 0 unspecified atom stereocenters. The number of aromatic nitrogens is 1. The number of halogens is 3. The van der Waals surface area contributed by atoms with Crippen LogP contribution < -0.4 is 15.2 Å². The van der Waals surface area contributed by atoms with Crippen molar-refractivity contribution in [1.82, 2.24) is 10.4 Å². The molecule has 1 aliphatic heterocycles. The number of para-hydroxylation sites is 1. The average molecular weight is 430 g/mol. The molecule has 4 nitrogen and oxygen atoms in total. The van der Waals surface area contributed by atoms with Gasteiger partial charge >= 0.3 is 0 Å². The van der Waals surface area contributed by atoms with Crippen LogP contribution in [0.5, 0.6) is 5.88 Å². The summed E-state index contributed by atoms with van der Waals surface area (Å²) in [5, 5.41) is 2.89. The van der Waals surface area contributed by atoms with Crippen LogP contribution in [0, 0.1) is 5.82 Å². The molecule has 2 heterocycles. The minimum absolute atomic E-state index is 0.361. The van der Waals surface area contributed by atoms with Gasteiger partial charge in [-0.25, -0.2) is 9.37 Å². The monoisotopic (exact) mass is 429 g/mol. The van der Waals surface area contributed by atoms with Crippen LogP contribution in [0.2, 0.25) is 10.0 Å². The third-order valence-electron chi connectivity index (χ3n) is 4.74. The van der Waals surface area contributed by atoms with Gasteiger partial charge in [-0.2, -0.15) is 0 Å². The topological polar surface area (TPSA) is 37.4 Å². The van der Waals surface area contributed by atoms with E-state index in [1.165, 1.54) is 6.07 Å². The fraction of sp³-hybridized carbons (Fsp3) is 0.136. The molecule has 29 heavy (non-hydrogen) atoms. The van der Waals surface area contributed by atoms with Crippen LogP contribution in [0.15, 0.2) is 66.5 Å². The van der Waals surface area contributed by atoms with Crippen molar-refractivity contribution in [2.24, 2.45) is 0 Å². The largest absolute Gasteiger partial charge is 0.481 e. The van der Waals surface area contributed by atoms with E-state index in [0.29, 0.717) is 34.5 Å². The van der Waals surface area contributed by atoms with Gasteiger partial charge in [0.25, 0.3) is 0 Å².